The zero-order valence-electron chi connectivity index (χ0n) is 15.4. The number of nitrogens with one attached hydrogen (secondary N) is 1. The molecule has 0 radical (unpaired) electrons. The average molecular weight is 375 g/mol. The highest BCUT2D eigenvalue weighted by Crippen LogP contribution is 2.34. The fourth-order valence-electron chi connectivity index (χ4n) is 3.22. The van der Waals surface area contributed by atoms with E-state index in [1.807, 2.05) is 26.0 Å². The molecule has 0 saturated heterocycles. The van der Waals surface area contributed by atoms with Crippen molar-refractivity contribution in [3.8, 4) is 11.5 Å². The second-order valence-corrected chi connectivity index (χ2v) is 8.40. The van der Waals surface area contributed by atoms with Crippen LogP contribution in [0, 0.1) is 0 Å². The maximum atomic E-state index is 13.1. The Bertz CT molecular complexity index is 891. The van der Waals surface area contributed by atoms with Gasteiger partial charge in [-0.05, 0) is 74.9 Å². The molecule has 0 saturated carbocycles. The fraction of sp³-hybridized carbons (Fsp3) is 0.400. The number of hydrogen-bond donors (Lipinski definition) is 1. The minimum absolute atomic E-state index is 0.0565. The zero-order chi connectivity index (χ0) is 18.7. The molecule has 0 unspecified atom stereocenters. The van der Waals surface area contributed by atoms with Crippen LogP contribution < -0.4 is 14.2 Å². The number of rotatable bonds is 6. The first kappa shape index (κ1) is 18.6. The molecule has 5 nitrogen and oxygen atoms in total. The van der Waals surface area contributed by atoms with E-state index < -0.39 is 10.0 Å². The number of methoxy groups -OCH3 is 1. The Kier molecular flexibility index (Phi) is 5.41. The summed E-state index contributed by atoms with van der Waals surface area (Å²) in [6, 6.07) is 10.6. The van der Waals surface area contributed by atoms with Gasteiger partial charge in [0.2, 0.25) is 0 Å². The Morgan fingerprint density at radius 1 is 1.00 bits per heavy atom. The molecule has 0 bridgehead atoms. The van der Waals surface area contributed by atoms with Crippen LogP contribution in [0.5, 0.6) is 11.5 Å². The quantitative estimate of drug-likeness (QED) is 0.823. The number of aryl methyl sites for hydroxylation is 2. The first-order chi connectivity index (χ1) is 12.4. The normalized spacial score (nSPS) is 14.0. The van der Waals surface area contributed by atoms with Crippen LogP contribution in [0.25, 0.3) is 0 Å². The molecule has 0 aliphatic heterocycles. The van der Waals surface area contributed by atoms with Crippen LogP contribution in [0.1, 0.15) is 37.8 Å². The highest BCUT2D eigenvalue weighted by Gasteiger charge is 2.24. The summed E-state index contributed by atoms with van der Waals surface area (Å²) < 4.78 is 39.9. The van der Waals surface area contributed by atoms with Gasteiger partial charge < -0.3 is 9.47 Å². The van der Waals surface area contributed by atoms with Crippen molar-refractivity contribution in [2.45, 2.75) is 50.5 Å². The minimum Gasteiger partial charge on any atom is -0.495 e. The second-order valence-electron chi connectivity index (χ2n) is 6.75. The van der Waals surface area contributed by atoms with Crippen LogP contribution in [0.2, 0.25) is 0 Å². The van der Waals surface area contributed by atoms with Gasteiger partial charge in [0.1, 0.15) is 16.4 Å². The average Bonchev–Trinajstić information content (AvgIpc) is 2.61. The first-order valence-electron chi connectivity index (χ1n) is 8.89. The second kappa shape index (κ2) is 7.58. The Hall–Kier alpha value is -2.21. The number of sulfonamides is 1. The Labute approximate surface area is 155 Å². The van der Waals surface area contributed by atoms with Gasteiger partial charge in [0, 0.05) is 0 Å². The van der Waals surface area contributed by atoms with Gasteiger partial charge in [-0.15, -0.1) is 0 Å². The molecule has 26 heavy (non-hydrogen) atoms. The summed E-state index contributed by atoms with van der Waals surface area (Å²) in [6.07, 6.45) is 4.01. The largest absolute Gasteiger partial charge is 0.495 e. The predicted molar refractivity (Wildman–Crippen MR) is 103 cm³/mol. The molecule has 0 atom stereocenters. The van der Waals surface area contributed by atoms with Gasteiger partial charge in [-0.2, -0.15) is 0 Å². The number of para-hydroxylation sites is 2. The third-order valence-electron chi connectivity index (χ3n) is 4.41. The molecular formula is C20H25NO4S. The van der Waals surface area contributed by atoms with Crippen molar-refractivity contribution in [3.05, 3.63) is 47.5 Å². The van der Waals surface area contributed by atoms with Crippen LogP contribution in [0.15, 0.2) is 41.3 Å². The van der Waals surface area contributed by atoms with Crippen molar-refractivity contribution in [1.29, 1.82) is 0 Å². The molecule has 140 valence electrons. The van der Waals surface area contributed by atoms with Gasteiger partial charge in [-0.25, -0.2) is 8.42 Å². The van der Waals surface area contributed by atoms with Gasteiger partial charge in [0.05, 0.1) is 18.9 Å². The summed E-state index contributed by atoms with van der Waals surface area (Å²) in [6.45, 7) is 3.80. The van der Waals surface area contributed by atoms with Crippen molar-refractivity contribution in [1.82, 2.24) is 0 Å². The lowest BCUT2D eigenvalue weighted by Crippen LogP contribution is -2.17. The van der Waals surface area contributed by atoms with Crippen molar-refractivity contribution in [3.63, 3.8) is 0 Å². The molecule has 2 aromatic rings. The Balaban J connectivity index is 1.99. The number of ether oxygens (including phenoxy) is 2. The van der Waals surface area contributed by atoms with Crippen molar-refractivity contribution in [2.24, 2.45) is 0 Å². The molecule has 3 rings (SSSR count). The molecule has 0 fully saturated rings. The first-order valence-corrected chi connectivity index (χ1v) is 10.4. The number of fused-ring (bicyclic) bond motifs is 1. The third-order valence-corrected chi connectivity index (χ3v) is 5.80. The fourth-order valence-corrected chi connectivity index (χ4v) is 4.49. The summed E-state index contributed by atoms with van der Waals surface area (Å²) in [4.78, 5) is 0.167. The summed E-state index contributed by atoms with van der Waals surface area (Å²) in [7, 11) is -2.30. The van der Waals surface area contributed by atoms with E-state index in [-0.39, 0.29) is 11.0 Å². The number of benzene rings is 2. The topological polar surface area (TPSA) is 64.6 Å². The summed E-state index contributed by atoms with van der Waals surface area (Å²) in [5.74, 6) is 0.878. The lowest BCUT2D eigenvalue weighted by Gasteiger charge is -2.20. The standard InChI is InChI=1S/C20H25NO4S/c1-14(2)25-18-11-7-6-10-17(18)21-26(22,23)20-13-16-9-5-4-8-15(16)12-19(20)24-3/h6-7,10-14,21H,4-5,8-9H2,1-3H3. The zero-order valence-corrected chi connectivity index (χ0v) is 16.2. The molecule has 0 heterocycles. The SMILES string of the molecule is COc1cc2c(cc1S(=O)(=O)Nc1ccccc1OC(C)C)CCCC2. The molecular weight excluding hydrogens is 350 g/mol. The molecule has 1 N–H and O–H groups in total. The smallest absolute Gasteiger partial charge is 0.265 e. The van der Waals surface area contributed by atoms with Crippen molar-refractivity contribution >= 4 is 15.7 Å². The monoisotopic (exact) mass is 375 g/mol. The van der Waals surface area contributed by atoms with Gasteiger partial charge >= 0.3 is 0 Å². The van der Waals surface area contributed by atoms with Crippen molar-refractivity contribution in [2.75, 3.05) is 11.8 Å². The van der Waals surface area contributed by atoms with E-state index in [0.717, 1.165) is 31.2 Å². The van der Waals surface area contributed by atoms with E-state index in [9.17, 15) is 8.42 Å². The number of hydrogen-bond acceptors (Lipinski definition) is 4. The molecule has 0 amide bonds. The van der Waals surface area contributed by atoms with Crippen LogP contribution in [0.4, 0.5) is 5.69 Å². The van der Waals surface area contributed by atoms with E-state index >= 15 is 0 Å². The summed E-state index contributed by atoms with van der Waals surface area (Å²) in [5.41, 5.74) is 2.68. The van der Waals surface area contributed by atoms with Crippen LogP contribution in [0.3, 0.4) is 0 Å². The third kappa shape index (κ3) is 3.96. The summed E-state index contributed by atoms with van der Waals surface area (Å²) in [5, 5.41) is 0. The van der Waals surface area contributed by atoms with E-state index in [1.165, 1.54) is 12.7 Å². The lowest BCUT2D eigenvalue weighted by molar-refractivity contribution is 0.244. The maximum absolute atomic E-state index is 13.1. The lowest BCUT2D eigenvalue weighted by atomic mass is 9.92. The molecule has 6 heteroatoms. The van der Waals surface area contributed by atoms with Gasteiger partial charge in [0.25, 0.3) is 10.0 Å². The molecule has 1 aliphatic rings. The van der Waals surface area contributed by atoms with E-state index in [4.69, 9.17) is 9.47 Å². The number of anilines is 1. The minimum atomic E-state index is -3.80. The van der Waals surface area contributed by atoms with E-state index in [0.29, 0.717) is 17.2 Å². The Morgan fingerprint density at radius 3 is 2.31 bits per heavy atom. The molecule has 2 aromatic carbocycles. The van der Waals surface area contributed by atoms with Crippen LogP contribution in [-0.2, 0) is 22.9 Å². The Morgan fingerprint density at radius 2 is 1.65 bits per heavy atom. The van der Waals surface area contributed by atoms with E-state index in [2.05, 4.69) is 4.72 Å². The van der Waals surface area contributed by atoms with Crippen LogP contribution in [-0.4, -0.2) is 21.6 Å². The van der Waals surface area contributed by atoms with Gasteiger partial charge in [-0.3, -0.25) is 4.72 Å². The van der Waals surface area contributed by atoms with Crippen molar-refractivity contribution < 1.29 is 17.9 Å². The highest BCUT2D eigenvalue weighted by atomic mass is 32.2. The summed E-state index contributed by atoms with van der Waals surface area (Å²) >= 11 is 0. The molecule has 1 aliphatic carbocycles. The highest BCUT2D eigenvalue weighted by molar-refractivity contribution is 7.92. The van der Waals surface area contributed by atoms with Gasteiger partial charge in [-0.1, -0.05) is 12.1 Å². The maximum Gasteiger partial charge on any atom is 0.265 e. The van der Waals surface area contributed by atoms with Crippen LogP contribution >= 0.6 is 0 Å². The molecule has 0 aromatic heterocycles. The predicted octanol–water partition coefficient (Wildman–Crippen LogP) is 4.16. The van der Waals surface area contributed by atoms with E-state index in [1.54, 1.807) is 24.3 Å². The molecule has 0 spiro atoms. The van der Waals surface area contributed by atoms with Gasteiger partial charge in [0.15, 0.2) is 0 Å².